The molecule has 0 aromatic heterocycles. The zero-order valence-corrected chi connectivity index (χ0v) is 13.2. The molecule has 5 nitrogen and oxygen atoms in total. The topological polar surface area (TPSA) is 58.6 Å². The van der Waals surface area contributed by atoms with Crippen LogP contribution in [0.25, 0.3) is 0 Å². The number of halogens is 2. The summed E-state index contributed by atoms with van der Waals surface area (Å²) in [4.78, 5) is 2.04. The molecule has 1 fully saturated rings. The molecule has 0 spiro atoms. The van der Waals surface area contributed by atoms with Crippen LogP contribution < -0.4 is 14.4 Å². The molecule has 0 aliphatic carbocycles. The molecule has 1 saturated heterocycles. The van der Waals surface area contributed by atoms with E-state index in [-0.39, 0.29) is 17.5 Å². The maximum atomic E-state index is 12.1. The molecule has 1 aliphatic rings. The van der Waals surface area contributed by atoms with Crippen LogP contribution in [0.1, 0.15) is 19.8 Å². The second kappa shape index (κ2) is 7.23. The molecule has 1 aliphatic heterocycles. The van der Waals surface area contributed by atoms with E-state index in [1.165, 1.54) is 12.1 Å². The molecule has 1 heterocycles. The average molecular weight is 334 g/mol. The molecule has 124 valence electrons. The van der Waals surface area contributed by atoms with Gasteiger partial charge in [-0.2, -0.15) is 8.78 Å². The van der Waals surface area contributed by atoms with Gasteiger partial charge >= 0.3 is 6.61 Å². The number of nitrogens with zero attached hydrogens (tertiary/aromatic N) is 1. The monoisotopic (exact) mass is 334 g/mol. The standard InChI is InChI=1S/C14H20F2N2O3S/c1-2-22(19,20)17-11-4-3-9-18(10-11)12-5-7-13(8-6-12)21-14(15)16/h5-8,11,14,17H,2-4,9-10H2,1H3/t11-/m0/s1. The van der Waals surface area contributed by atoms with E-state index in [0.717, 1.165) is 25.1 Å². The van der Waals surface area contributed by atoms with Crippen LogP contribution in [0.3, 0.4) is 0 Å². The Kier molecular flexibility index (Phi) is 5.57. The van der Waals surface area contributed by atoms with Crippen LogP contribution in [0, 0.1) is 0 Å². The van der Waals surface area contributed by atoms with Crippen molar-refractivity contribution in [3.63, 3.8) is 0 Å². The van der Waals surface area contributed by atoms with Crippen LogP contribution in [-0.4, -0.2) is 39.9 Å². The Bertz CT molecular complexity index is 578. The van der Waals surface area contributed by atoms with Gasteiger partial charge in [-0.25, -0.2) is 13.1 Å². The summed E-state index contributed by atoms with van der Waals surface area (Å²) < 4.78 is 54.5. The lowest BCUT2D eigenvalue weighted by molar-refractivity contribution is -0.0498. The van der Waals surface area contributed by atoms with Crippen LogP contribution in [-0.2, 0) is 10.0 Å². The van der Waals surface area contributed by atoms with Crippen LogP contribution in [0.5, 0.6) is 5.75 Å². The third-order valence-corrected chi connectivity index (χ3v) is 5.03. The van der Waals surface area contributed by atoms with Crippen molar-refractivity contribution in [3.8, 4) is 5.75 Å². The molecule has 2 rings (SSSR count). The summed E-state index contributed by atoms with van der Waals surface area (Å²) in [5.74, 6) is 0.169. The van der Waals surface area contributed by atoms with E-state index in [4.69, 9.17) is 0 Å². The zero-order chi connectivity index (χ0) is 16.2. The molecule has 0 unspecified atom stereocenters. The van der Waals surface area contributed by atoms with Crippen molar-refractivity contribution in [2.45, 2.75) is 32.4 Å². The molecule has 0 radical (unpaired) electrons. The number of hydrogen-bond donors (Lipinski definition) is 1. The minimum absolute atomic E-state index is 0.0587. The van der Waals surface area contributed by atoms with Gasteiger partial charge in [-0.05, 0) is 44.0 Å². The zero-order valence-electron chi connectivity index (χ0n) is 12.3. The van der Waals surface area contributed by atoms with E-state index < -0.39 is 16.6 Å². The number of nitrogens with one attached hydrogen (secondary N) is 1. The second-order valence-electron chi connectivity index (χ2n) is 5.18. The first-order chi connectivity index (χ1) is 10.4. The molecule has 0 saturated carbocycles. The van der Waals surface area contributed by atoms with Gasteiger partial charge in [-0.1, -0.05) is 0 Å². The number of piperidine rings is 1. The smallest absolute Gasteiger partial charge is 0.387 e. The Hall–Kier alpha value is -1.41. The largest absolute Gasteiger partial charge is 0.435 e. The van der Waals surface area contributed by atoms with Crippen LogP contribution in [0.4, 0.5) is 14.5 Å². The first kappa shape index (κ1) is 17.0. The van der Waals surface area contributed by atoms with Gasteiger partial charge in [0.05, 0.1) is 5.75 Å². The molecule has 1 aromatic rings. The van der Waals surface area contributed by atoms with Crippen molar-refractivity contribution in [3.05, 3.63) is 24.3 Å². The van der Waals surface area contributed by atoms with Crippen molar-refractivity contribution in [1.82, 2.24) is 4.72 Å². The lowest BCUT2D eigenvalue weighted by Crippen LogP contribution is -2.48. The fourth-order valence-corrected chi connectivity index (χ4v) is 3.35. The third kappa shape index (κ3) is 4.81. The third-order valence-electron chi connectivity index (χ3n) is 3.57. The summed E-state index contributed by atoms with van der Waals surface area (Å²) in [5, 5.41) is 0. The number of rotatable bonds is 6. The Balaban J connectivity index is 2.00. The quantitative estimate of drug-likeness (QED) is 0.866. The first-order valence-electron chi connectivity index (χ1n) is 7.19. The summed E-state index contributed by atoms with van der Waals surface area (Å²) in [6, 6.07) is 6.25. The summed E-state index contributed by atoms with van der Waals surface area (Å²) in [6.45, 7) is 0.131. The Morgan fingerprint density at radius 2 is 2.05 bits per heavy atom. The number of hydrogen-bond acceptors (Lipinski definition) is 4. The van der Waals surface area contributed by atoms with E-state index >= 15 is 0 Å². The Labute approximate surface area is 129 Å². The maximum Gasteiger partial charge on any atom is 0.387 e. The van der Waals surface area contributed by atoms with Gasteiger partial charge in [0.25, 0.3) is 0 Å². The second-order valence-corrected chi connectivity index (χ2v) is 7.22. The van der Waals surface area contributed by atoms with Gasteiger partial charge in [-0.3, -0.25) is 0 Å². The van der Waals surface area contributed by atoms with E-state index in [0.29, 0.717) is 6.54 Å². The SMILES string of the molecule is CCS(=O)(=O)N[C@H]1CCCN(c2ccc(OC(F)F)cc2)C1. The van der Waals surface area contributed by atoms with Gasteiger partial charge in [0.1, 0.15) is 5.75 Å². The summed E-state index contributed by atoms with van der Waals surface area (Å²) >= 11 is 0. The lowest BCUT2D eigenvalue weighted by atomic mass is 10.1. The highest BCUT2D eigenvalue weighted by atomic mass is 32.2. The highest BCUT2D eigenvalue weighted by Gasteiger charge is 2.23. The molecule has 0 bridgehead atoms. The van der Waals surface area contributed by atoms with E-state index in [2.05, 4.69) is 9.46 Å². The van der Waals surface area contributed by atoms with Crippen molar-refractivity contribution >= 4 is 15.7 Å². The number of ether oxygens (including phenoxy) is 1. The van der Waals surface area contributed by atoms with Crippen molar-refractivity contribution in [1.29, 1.82) is 0 Å². The van der Waals surface area contributed by atoms with Gasteiger partial charge < -0.3 is 9.64 Å². The fourth-order valence-electron chi connectivity index (χ4n) is 2.48. The lowest BCUT2D eigenvalue weighted by Gasteiger charge is -2.34. The molecule has 22 heavy (non-hydrogen) atoms. The van der Waals surface area contributed by atoms with Gasteiger partial charge in [0.15, 0.2) is 0 Å². The summed E-state index contributed by atoms with van der Waals surface area (Å²) in [5.41, 5.74) is 0.863. The van der Waals surface area contributed by atoms with Gasteiger partial charge in [0, 0.05) is 24.8 Å². The predicted octanol–water partition coefficient (Wildman–Crippen LogP) is 2.20. The number of benzene rings is 1. The number of anilines is 1. The van der Waals surface area contributed by atoms with Crippen LogP contribution in [0.15, 0.2) is 24.3 Å². The predicted molar refractivity (Wildman–Crippen MR) is 80.9 cm³/mol. The average Bonchev–Trinajstić information content (AvgIpc) is 2.47. The summed E-state index contributed by atoms with van der Waals surface area (Å²) in [7, 11) is -3.22. The molecule has 1 N–H and O–H groups in total. The molecule has 8 heteroatoms. The van der Waals surface area contributed by atoms with E-state index in [1.54, 1.807) is 19.1 Å². The summed E-state index contributed by atoms with van der Waals surface area (Å²) in [6.07, 6.45) is 1.66. The fraction of sp³-hybridized carbons (Fsp3) is 0.571. The first-order valence-corrected chi connectivity index (χ1v) is 8.84. The molecular formula is C14H20F2N2O3S. The minimum Gasteiger partial charge on any atom is -0.435 e. The number of sulfonamides is 1. The minimum atomic E-state index is -3.22. The van der Waals surface area contributed by atoms with Crippen LogP contribution >= 0.6 is 0 Å². The van der Waals surface area contributed by atoms with Crippen molar-refractivity contribution in [2.24, 2.45) is 0 Å². The van der Waals surface area contributed by atoms with Gasteiger partial charge in [-0.15, -0.1) is 0 Å². The van der Waals surface area contributed by atoms with E-state index in [1.807, 2.05) is 4.90 Å². The van der Waals surface area contributed by atoms with E-state index in [9.17, 15) is 17.2 Å². The van der Waals surface area contributed by atoms with Gasteiger partial charge in [0.2, 0.25) is 10.0 Å². The maximum absolute atomic E-state index is 12.1. The molecule has 1 atom stereocenters. The molecule has 0 amide bonds. The highest BCUT2D eigenvalue weighted by molar-refractivity contribution is 7.89. The van der Waals surface area contributed by atoms with Crippen LogP contribution in [0.2, 0.25) is 0 Å². The Morgan fingerprint density at radius 3 is 2.64 bits per heavy atom. The highest BCUT2D eigenvalue weighted by Crippen LogP contribution is 2.24. The Morgan fingerprint density at radius 1 is 1.36 bits per heavy atom. The normalized spacial score (nSPS) is 19.5. The van der Waals surface area contributed by atoms with Crippen molar-refractivity contribution < 1.29 is 21.9 Å². The number of alkyl halides is 2. The molecular weight excluding hydrogens is 314 g/mol. The van der Waals surface area contributed by atoms with Crippen molar-refractivity contribution in [2.75, 3.05) is 23.7 Å². The molecule has 1 aromatic carbocycles.